The summed E-state index contributed by atoms with van der Waals surface area (Å²) in [7, 11) is -1.72. The predicted octanol–water partition coefficient (Wildman–Crippen LogP) is 3.67. The molecule has 1 atom stereocenters. The van der Waals surface area contributed by atoms with Crippen LogP contribution in [-0.2, 0) is 15.6 Å². The molecule has 0 aliphatic rings. The van der Waals surface area contributed by atoms with Crippen molar-refractivity contribution in [2.75, 3.05) is 23.0 Å². The Morgan fingerprint density at radius 1 is 1.36 bits per heavy atom. The molecule has 0 radical (unpaired) electrons. The van der Waals surface area contributed by atoms with E-state index in [0.717, 1.165) is 5.69 Å². The Labute approximate surface area is 168 Å². The summed E-state index contributed by atoms with van der Waals surface area (Å²) in [5.41, 5.74) is 1.80. The van der Waals surface area contributed by atoms with Crippen LogP contribution in [0.25, 0.3) is 5.69 Å². The fourth-order valence-electron chi connectivity index (χ4n) is 2.51. The van der Waals surface area contributed by atoms with Crippen molar-refractivity contribution >= 4 is 34.0 Å². The van der Waals surface area contributed by atoms with Gasteiger partial charge in [-0.25, -0.2) is 4.68 Å². The number of carbonyl (C=O) groups excluding carboxylic acids is 1. The van der Waals surface area contributed by atoms with E-state index in [9.17, 15) is 22.2 Å². The lowest BCUT2D eigenvalue weighted by Gasteiger charge is -2.19. The van der Waals surface area contributed by atoms with E-state index in [4.69, 9.17) is 11.6 Å². The molecule has 0 aliphatic carbocycles. The third-order valence-corrected chi connectivity index (χ3v) is 5.53. The average molecular weight is 437 g/mol. The van der Waals surface area contributed by atoms with E-state index >= 15 is 0 Å². The number of pyridine rings is 1. The molecule has 2 heterocycles. The van der Waals surface area contributed by atoms with Crippen LogP contribution >= 0.6 is 11.6 Å². The van der Waals surface area contributed by atoms with Crippen LogP contribution in [0.3, 0.4) is 0 Å². The van der Waals surface area contributed by atoms with Crippen LogP contribution in [0.1, 0.15) is 25.5 Å². The van der Waals surface area contributed by atoms with Gasteiger partial charge in [0.25, 0.3) is 0 Å². The Kier molecular flexibility index (Phi) is 7.59. The third-order valence-electron chi connectivity index (χ3n) is 3.94. The Morgan fingerprint density at radius 2 is 2.07 bits per heavy atom. The normalized spacial score (nSPS) is 12.8. The smallest absolute Gasteiger partial charge is 0.308 e. The molecule has 0 N–H and O–H groups in total. The maximum Gasteiger partial charge on any atom is 0.390 e. The molecule has 0 saturated carbocycles. The molecule has 2 aromatic rings. The lowest BCUT2D eigenvalue weighted by Crippen LogP contribution is -2.31. The van der Waals surface area contributed by atoms with Gasteiger partial charge in [-0.3, -0.25) is 14.0 Å². The number of alkyl halides is 3. The van der Waals surface area contributed by atoms with E-state index in [2.05, 4.69) is 10.1 Å². The summed E-state index contributed by atoms with van der Waals surface area (Å²) in [5, 5.41) is 4.32. The highest BCUT2D eigenvalue weighted by Crippen LogP contribution is 2.27. The zero-order valence-electron chi connectivity index (χ0n) is 15.4. The second-order valence-electron chi connectivity index (χ2n) is 5.96. The molecular formula is C17H20ClF3N4O2S. The van der Waals surface area contributed by atoms with Gasteiger partial charge >= 0.3 is 6.18 Å². The first-order valence-corrected chi connectivity index (χ1v) is 10.4. The first-order valence-electron chi connectivity index (χ1n) is 8.51. The molecule has 1 unspecified atom stereocenters. The largest absolute Gasteiger partial charge is 0.390 e. The molecule has 6 nitrogen and oxygen atoms in total. The SMILES string of the molecule is CCN(C(=O)CCS(=O)CCC(F)(F)F)c1cn(-c2cccnc2C)nc1Cl. The maximum absolute atomic E-state index is 12.5. The van der Waals surface area contributed by atoms with Gasteiger partial charge in [0.1, 0.15) is 5.69 Å². The van der Waals surface area contributed by atoms with E-state index in [1.807, 2.05) is 6.92 Å². The third kappa shape index (κ3) is 6.03. The van der Waals surface area contributed by atoms with Crippen LogP contribution in [-0.4, -0.2) is 49.1 Å². The molecule has 1 amide bonds. The molecule has 0 aliphatic heterocycles. The van der Waals surface area contributed by atoms with E-state index in [1.54, 1.807) is 31.5 Å². The van der Waals surface area contributed by atoms with Crippen molar-refractivity contribution in [3.05, 3.63) is 35.4 Å². The van der Waals surface area contributed by atoms with Gasteiger partial charge in [0.15, 0.2) is 5.15 Å². The van der Waals surface area contributed by atoms with Crippen LogP contribution in [0.2, 0.25) is 5.15 Å². The molecule has 0 saturated heterocycles. The molecule has 0 spiro atoms. The van der Waals surface area contributed by atoms with Crippen molar-refractivity contribution in [3.63, 3.8) is 0 Å². The molecule has 2 rings (SSSR count). The molecular weight excluding hydrogens is 417 g/mol. The van der Waals surface area contributed by atoms with E-state index < -0.39 is 29.1 Å². The van der Waals surface area contributed by atoms with Gasteiger partial charge in [-0.15, -0.1) is 0 Å². The van der Waals surface area contributed by atoms with Gasteiger partial charge in [-0.05, 0) is 26.0 Å². The Hall–Kier alpha value is -1.94. The molecule has 0 aromatic carbocycles. The number of hydrogen-bond acceptors (Lipinski definition) is 4. The van der Waals surface area contributed by atoms with Crippen molar-refractivity contribution in [1.29, 1.82) is 0 Å². The number of carbonyl (C=O) groups is 1. The first-order chi connectivity index (χ1) is 13.1. The number of hydrogen-bond donors (Lipinski definition) is 0. The number of rotatable bonds is 8. The van der Waals surface area contributed by atoms with Crippen molar-refractivity contribution in [1.82, 2.24) is 14.8 Å². The molecule has 0 fully saturated rings. The van der Waals surface area contributed by atoms with Crippen LogP contribution in [0, 0.1) is 6.92 Å². The van der Waals surface area contributed by atoms with Crippen molar-refractivity contribution in [2.45, 2.75) is 32.9 Å². The molecule has 154 valence electrons. The topological polar surface area (TPSA) is 68.1 Å². The molecule has 28 heavy (non-hydrogen) atoms. The summed E-state index contributed by atoms with van der Waals surface area (Å²) >= 11 is 6.20. The van der Waals surface area contributed by atoms with Gasteiger partial charge in [-0.1, -0.05) is 11.6 Å². The van der Waals surface area contributed by atoms with Crippen LogP contribution in [0.5, 0.6) is 0 Å². The summed E-state index contributed by atoms with van der Waals surface area (Å²) in [6, 6.07) is 3.55. The van der Waals surface area contributed by atoms with Gasteiger partial charge in [0.2, 0.25) is 5.91 Å². The molecule has 2 aromatic heterocycles. The van der Waals surface area contributed by atoms with Crippen molar-refractivity contribution in [3.8, 4) is 5.69 Å². The second kappa shape index (κ2) is 9.51. The van der Waals surface area contributed by atoms with Crippen molar-refractivity contribution in [2.24, 2.45) is 0 Å². The van der Waals surface area contributed by atoms with E-state index in [0.29, 0.717) is 11.4 Å². The average Bonchev–Trinajstić information content (AvgIpc) is 3.00. The van der Waals surface area contributed by atoms with E-state index in [1.165, 1.54) is 9.58 Å². The van der Waals surface area contributed by atoms with Crippen molar-refractivity contribution < 1.29 is 22.2 Å². The van der Waals surface area contributed by atoms with Gasteiger partial charge < -0.3 is 4.90 Å². The standard InChI is InChI=1S/C17H20ClF3N4O2S/c1-3-24(15(26)6-9-28(27)10-7-17(19,20)21)14-11-25(23-16(14)18)13-5-4-8-22-12(13)2/h4-5,8,11H,3,6-7,9-10H2,1-2H3. The Balaban J connectivity index is 2.07. The Bertz CT molecular complexity index is 857. The van der Waals surface area contributed by atoms with Crippen LogP contribution in [0.15, 0.2) is 24.5 Å². The van der Waals surface area contributed by atoms with Gasteiger partial charge in [0, 0.05) is 41.5 Å². The lowest BCUT2D eigenvalue weighted by molar-refractivity contribution is -0.129. The zero-order valence-corrected chi connectivity index (χ0v) is 16.9. The van der Waals surface area contributed by atoms with Gasteiger partial charge in [0.05, 0.1) is 24.0 Å². The predicted molar refractivity (Wildman–Crippen MR) is 102 cm³/mol. The minimum atomic E-state index is -4.36. The summed E-state index contributed by atoms with van der Waals surface area (Å²) < 4.78 is 49.8. The lowest BCUT2D eigenvalue weighted by atomic mass is 10.3. The molecule has 0 bridgehead atoms. The highest BCUT2D eigenvalue weighted by molar-refractivity contribution is 7.84. The minimum Gasteiger partial charge on any atom is -0.308 e. The summed E-state index contributed by atoms with van der Waals surface area (Å²) in [5.74, 6) is -1.03. The zero-order chi connectivity index (χ0) is 20.9. The number of nitrogens with zero attached hydrogens (tertiary/aromatic N) is 4. The van der Waals surface area contributed by atoms with Gasteiger partial charge in [-0.2, -0.15) is 18.3 Å². The van der Waals surface area contributed by atoms with Crippen LogP contribution in [0.4, 0.5) is 18.9 Å². The number of anilines is 1. The fourth-order valence-corrected chi connectivity index (χ4v) is 3.81. The number of aryl methyl sites for hydroxylation is 1. The summed E-state index contributed by atoms with van der Waals surface area (Å²) in [6.45, 7) is 3.83. The Morgan fingerprint density at radius 3 is 2.68 bits per heavy atom. The maximum atomic E-state index is 12.5. The second-order valence-corrected chi connectivity index (χ2v) is 8.01. The fraction of sp³-hybridized carbons (Fsp3) is 0.471. The highest BCUT2D eigenvalue weighted by atomic mass is 35.5. The monoisotopic (exact) mass is 436 g/mol. The minimum absolute atomic E-state index is 0.108. The van der Waals surface area contributed by atoms with Crippen LogP contribution < -0.4 is 4.90 Å². The number of aromatic nitrogens is 3. The quantitative estimate of drug-likeness (QED) is 0.633. The highest BCUT2D eigenvalue weighted by Gasteiger charge is 2.28. The summed E-state index contributed by atoms with van der Waals surface area (Å²) in [4.78, 5) is 18.1. The number of amides is 1. The first kappa shape index (κ1) is 22.4. The molecule has 11 heteroatoms. The number of halogens is 4. The summed E-state index contributed by atoms with van der Waals surface area (Å²) in [6.07, 6.45) is -2.40. The van der Waals surface area contributed by atoms with E-state index in [-0.39, 0.29) is 29.8 Å².